The Hall–Kier alpha value is -3.71. The van der Waals surface area contributed by atoms with E-state index in [1.807, 2.05) is 48.5 Å². The van der Waals surface area contributed by atoms with Crippen molar-refractivity contribution in [1.82, 2.24) is 4.90 Å². The molecule has 7 heteroatoms. The SMILES string of the molecule is CCN1c2cc(OC)c(/C=C3/SC(=Nc4ccccc4)N(Cc4ccco4)C3=O)cc2C(C)=CC1(C)C. The molecule has 0 spiro atoms. The van der Waals surface area contributed by atoms with Gasteiger partial charge in [-0.15, -0.1) is 0 Å². The molecule has 1 fully saturated rings. The third-order valence-electron chi connectivity index (χ3n) is 6.69. The number of hydrogen-bond acceptors (Lipinski definition) is 6. The van der Waals surface area contributed by atoms with Crippen LogP contribution in [0, 0.1) is 0 Å². The number of furan rings is 1. The summed E-state index contributed by atoms with van der Waals surface area (Å²) < 4.78 is 11.4. The lowest BCUT2D eigenvalue weighted by Gasteiger charge is -2.43. The smallest absolute Gasteiger partial charge is 0.267 e. The van der Waals surface area contributed by atoms with Crippen LogP contribution in [0.3, 0.4) is 0 Å². The summed E-state index contributed by atoms with van der Waals surface area (Å²) in [4.78, 5) is 23.0. The Balaban J connectivity index is 1.57. The number of carbonyl (C=O) groups is 1. The summed E-state index contributed by atoms with van der Waals surface area (Å²) >= 11 is 1.37. The number of ether oxygens (including phenoxy) is 1. The molecule has 2 aliphatic heterocycles. The zero-order chi connectivity index (χ0) is 26.2. The largest absolute Gasteiger partial charge is 0.496 e. The van der Waals surface area contributed by atoms with E-state index in [9.17, 15) is 4.79 Å². The van der Waals surface area contributed by atoms with Gasteiger partial charge in [-0.05, 0) is 81.4 Å². The molecule has 1 amide bonds. The second kappa shape index (κ2) is 9.98. The number of para-hydroxylation sites is 1. The van der Waals surface area contributed by atoms with Gasteiger partial charge in [0.1, 0.15) is 11.5 Å². The van der Waals surface area contributed by atoms with Gasteiger partial charge in [-0.1, -0.05) is 24.3 Å². The first kappa shape index (κ1) is 25.0. The molecule has 0 unspecified atom stereocenters. The number of anilines is 1. The molecule has 1 saturated heterocycles. The third-order valence-corrected chi connectivity index (χ3v) is 7.70. The van der Waals surface area contributed by atoms with Crippen molar-refractivity contribution in [3.05, 3.63) is 88.7 Å². The first-order chi connectivity index (χ1) is 17.8. The van der Waals surface area contributed by atoms with Crippen LogP contribution in [0.5, 0.6) is 5.75 Å². The van der Waals surface area contributed by atoms with E-state index in [0.717, 1.165) is 34.8 Å². The summed E-state index contributed by atoms with van der Waals surface area (Å²) in [5.41, 5.74) is 5.06. The highest BCUT2D eigenvalue weighted by molar-refractivity contribution is 8.18. The van der Waals surface area contributed by atoms with Crippen molar-refractivity contribution in [3.63, 3.8) is 0 Å². The van der Waals surface area contributed by atoms with E-state index in [0.29, 0.717) is 22.4 Å². The monoisotopic (exact) mass is 513 g/mol. The minimum absolute atomic E-state index is 0.0940. The number of carbonyl (C=O) groups excluding carboxylic acids is 1. The second-order valence-electron chi connectivity index (χ2n) is 9.65. The first-order valence-electron chi connectivity index (χ1n) is 12.4. The Bertz CT molecular complexity index is 1410. The number of amides is 1. The zero-order valence-electron chi connectivity index (χ0n) is 21.8. The van der Waals surface area contributed by atoms with Crippen molar-refractivity contribution >= 4 is 45.9 Å². The fourth-order valence-corrected chi connectivity index (χ4v) is 6.02. The van der Waals surface area contributed by atoms with E-state index < -0.39 is 0 Å². The van der Waals surface area contributed by atoms with Crippen molar-refractivity contribution in [2.75, 3.05) is 18.6 Å². The van der Waals surface area contributed by atoms with Gasteiger partial charge in [-0.2, -0.15) is 0 Å². The lowest BCUT2D eigenvalue weighted by atomic mass is 9.87. The minimum Gasteiger partial charge on any atom is -0.496 e. The number of nitrogens with zero attached hydrogens (tertiary/aromatic N) is 3. The van der Waals surface area contributed by atoms with Gasteiger partial charge in [-0.3, -0.25) is 9.69 Å². The van der Waals surface area contributed by atoms with Crippen LogP contribution in [0.4, 0.5) is 11.4 Å². The van der Waals surface area contributed by atoms with E-state index >= 15 is 0 Å². The van der Waals surface area contributed by atoms with E-state index in [2.05, 4.69) is 50.8 Å². The fourth-order valence-electron chi connectivity index (χ4n) is 5.03. The Morgan fingerprint density at radius 2 is 1.92 bits per heavy atom. The fraction of sp³-hybridized carbons (Fsp3) is 0.267. The van der Waals surface area contributed by atoms with Gasteiger partial charge in [-0.25, -0.2) is 4.99 Å². The van der Waals surface area contributed by atoms with Gasteiger partial charge >= 0.3 is 0 Å². The third kappa shape index (κ3) is 4.83. The molecule has 2 aromatic carbocycles. The molecule has 2 aliphatic rings. The number of hydrogen-bond donors (Lipinski definition) is 0. The van der Waals surface area contributed by atoms with Crippen LogP contribution in [-0.2, 0) is 11.3 Å². The van der Waals surface area contributed by atoms with Crippen LogP contribution in [0.15, 0.2) is 81.3 Å². The molecular formula is C30H31N3O3S. The average Bonchev–Trinajstić information content (AvgIpc) is 3.49. The maximum absolute atomic E-state index is 13.6. The van der Waals surface area contributed by atoms with Crippen molar-refractivity contribution in [2.24, 2.45) is 4.99 Å². The summed E-state index contributed by atoms with van der Waals surface area (Å²) in [7, 11) is 1.67. The van der Waals surface area contributed by atoms with E-state index in [1.54, 1.807) is 18.3 Å². The van der Waals surface area contributed by atoms with E-state index in [1.165, 1.54) is 17.3 Å². The quantitative estimate of drug-likeness (QED) is 0.329. The summed E-state index contributed by atoms with van der Waals surface area (Å²) in [5.74, 6) is 1.32. The van der Waals surface area contributed by atoms with Crippen LogP contribution in [-0.4, -0.2) is 35.2 Å². The number of allylic oxidation sites excluding steroid dienone is 1. The molecule has 0 N–H and O–H groups in total. The van der Waals surface area contributed by atoms with Crippen LogP contribution < -0.4 is 9.64 Å². The number of methoxy groups -OCH3 is 1. The van der Waals surface area contributed by atoms with Gasteiger partial charge in [0, 0.05) is 29.4 Å². The standard InChI is InChI=1S/C30H31N3O3S/c1-6-33-25-17-26(35-5)21(15-24(25)20(2)18-30(33,3)4)16-27-28(34)32(19-23-13-10-14-36-23)29(37-27)31-22-11-8-7-9-12-22/h7-18H,6,19H2,1-5H3/b27-16+,31-29?. The molecule has 1 aromatic heterocycles. The molecule has 0 atom stereocenters. The van der Waals surface area contributed by atoms with E-state index in [-0.39, 0.29) is 11.4 Å². The van der Waals surface area contributed by atoms with Crippen molar-refractivity contribution in [1.29, 1.82) is 0 Å². The maximum Gasteiger partial charge on any atom is 0.267 e. The highest BCUT2D eigenvalue weighted by atomic mass is 32.2. The molecule has 5 rings (SSSR count). The molecule has 3 aromatic rings. The normalized spacial score (nSPS) is 18.9. The zero-order valence-corrected chi connectivity index (χ0v) is 22.6. The van der Waals surface area contributed by atoms with Gasteiger partial charge in [0.05, 0.1) is 36.0 Å². The topological polar surface area (TPSA) is 58.3 Å². The predicted octanol–water partition coefficient (Wildman–Crippen LogP) is 7.11. The Labute approximate surface area is 222 Å². The molecule has 190 valence electrons. The van der Waals surface area contributed by atoms with Crippen LogP contribution in [0.25, 0.3) is 11.6 Å². The summed E-state index contributed by atoms with van der Waals surface area (Å²) in [6.45, 7) is 9.94. The Kier molecular flexibility index (Phi) is 6.73. The summed E-state index contributed by atoms with van der Waals surface area (Å²) in [5, 5.41) is 0.616. The highest BCUT2D eigenvalue weighted by Gasteiger charge is 2.35. The number of likely N-dealkylation sites (N-methyl/N-ethyl adjacent to an activating group) is 1. The first-order valence-corrected chi connectivity index (χ1v) is 13.2. The van der Waals surface area contributed by atoms with Gasteiger partial charge in [0.25, 0.3) is 5.91 Å². The van der Waals surface area contributed by atoms with Gasteiger partial charge in [0.15, 0.2) is 5.17 Å². The van der Waals surface area contributed by atoms with Crippen LogP contribution in [0.2, 0.25) is 0 Å². The number of amidine groups is 1. The maximum atomic E-state index is 13.6. The summed E-state index contributed by atoms with van der Waals surface area (Å²) in [6, 6.07) is 17.6. The number of fused-ring (bicyclic) bond motifs is 1. The number of rotatable bonds is 6. The highest BCUT2D eigenvalue weighted by Crippen LogP contribution is 2.43. The average molecular weight is 514 g/mol. The van der Waals surface area contributed by atoms with Gasteiger partial charge < -0.3 is 14.1 Å². The summed E-state index contributed by atoms with van der Waals surface area (Å²) in [6.07, 6.45) is 5.83. The molecule has 0 radical (unpaired) electrons. The van der Waals surface area contributed by atoms with Gasteiger partial charge in [0.2, 0.25) is 0 Å². The molecule has 37 heavy (non-hydrogen) atoms. The lowest BCUT2D eigenvalue weighted by molar-refractivity contribution is -0.122. The molecule has 6 nitrogen and oxygen atoms in total. The van der Waals surface area contributed by atoms with Crippen molar-refractivity contribution in [2.45, 2.75) is 39.8 Å². The number of aliphatic imine (C=N–C) groups is 1. The van der Waals surface area contributed by atoms with Crippen molar-refractivity contribution in [3.8, 4) is 5.75 Å². The Morgan fingerprint density at radius 3 is 2.59 bits per heavy atom. The molecular weight excluding hydrogens is 482 g/mol. The van der Waals surface area contributed by atoms with E-state index in [4.69, 9.17) is 14.1 Å². The Morgan fingerprint density at radius 1 is 1.14 bits per heavy atom. The van der Waals surface area contributed by atoms with Crippen LogP contribution in [0.1, 0.15) is 44.6 Å². The molecule has 0 saturated carbocycles. The molecule has 0 bridgehead atoms. The molecule has 3 heterocycles. The number of thioether (sulfide) groups is 1. The van der Waals surface area contributed by atoms with Crippen LogP contribution >= 0.6 is 11.8 Å². The minimum atomic E-state index is -0.112. The second-order valence-corrected chi connectivity index (χ2v) is 10.7. The number of benzene rings is 2. The molecule has 0 aliphatic carbocycles. The van der Waals surface area contributed by atoms with Crippen molar-refractivity contribution < 1.29 is 13.9 Å². The predicted molar refractivity (Wildman–Crippen MR) is 152 cm³/mol. The lowest BCUT2D eigenvalue weighted by Crippen LogP contribution is -2.44.